The van der Waals surface area contributed by atoms with Crippen LogP contribution in [-0.4, -0.2) is 35.5 Å². The number of rotatable bonds is 5. The van der Waals surface area contributed by atoms with Gasteiger partial charge in [0, 0.05) is 18.5 Å². The first-order valence-electron chi connectivity index (χ1n) is 12.2. The van der Waals surface area contributed by atoms with Gasteiger partial charge in [-0.05, 0) is 71.4 Å². The van der Waals surface area contributed by atoms with Crippen LogP contribution in [0.5, 0.6) is 0 Å². The van der Waals surface area contributed by atoms with Crippen LogP contribution in [0.25, 0.3) is 5.57 Å². The molecule has 2 aliphatic rings. The van der Waals surface area contributed by atoms with E-state index in [0.717, 1.165) is 16.7 Å². The summed E-state index contributed by atoms with van der Waals surface area (Å²) in [7, 11) is 0. The zero-order chi connectivity index (χ0) is 25.9. The molecular formula is C29H32FNO5. The molecule has 6 nitrogen and oxygen atoms in total. The van der Waals surface area contributed by atoms with Gasteiger partial charge in [0.25, 0.3) is 0 Å². The Morgan fingerprint density at radius 3 is 2.64 bits per heavy atom. The lowest BCUT2D eigenvalue weighted by Gasteiger charge is -2.38. The Morgan fingerprint density at radius 2 is 1.94 bits per heavy atom. The second kappa shape index (κ2) is 10.7. The van der Waals surface area contributed by atoms with E-state index >= 15 is 0 Å². The lowest BCUT2D eigenvalue weighted by Crippen LogP contribution is -2.34. The minimum Gasteiger partial charge on any atom is -0.458 e. The summed E-state index contributed by atoms with van der Waals surface area (Å²) >= 11 is 0. The Morgan fingerprint density at radius 1 is 1.19 bits per heavy atom. The number of allylic oxidation sites excluding steroid dienone is 2. The zero-order valence-electron chi connectivity index (χ0n) is 20.8. The van der Waals surface area contributed by atoms with Gasteiger partial charge in [-0.1, -0.05) is 44.2 Å². The maximum Gasteiger partial charge on any atom is 0.411 e. The molecular weight excluding hydrogens is 461 g/mol. The number of halogens is 1. The summed E-state index contributed by atoms with van der Waals surface area (Å²) in [6, 6.07) is 14.1. The lowest BCUT2D eigenvalue weighted by atomic mass is 9.69. The molecule has 3 unspecified atom stereocenters. The predicted molar refractivity (Wildman–Crippen MR) is 136 cm³/mol. The molecule has 0 radical (unpaired) electrons. The summed E-state index contributed by atoms with van der Waals surface area (Å²) in [5.74, 6) is -0.711. The topological polar surface area (TPSA) is 84.9 Å². The SMILES string of the molecule is Cc1cc(C2=C(C=CC3CC(O)CC(=O)O3)C(C)(C)CC(OC(=O)Nc3ccccc3)C2)ccc1F. The van der Waals surface area contributed by atoms with Gasteiger partial charge in [0.05, 0.1) is 12.5 Å². The molecule has 3 atom stereocenters. The standard InChI is InChI=1S/C29H32FNO5/c1-18-13-19(9-12-26(18)30)24-16-23(36-28(34)31-20-7-5-4-6-8-20)17-29(2,3)25(24)11-10-22-14-21(32)15-27(33)35-22/h4-13,21-23,32H,14-17H2,1-3H3,(H,31,34). The Labute approximate surface area is 210 Å². The van der Waals surface area contributed by atoms with Gasteiger partial charge in [0.2, 0.25) is 0 Å². The molecule has 2 aromatic rings. The van der Waals surface area contributed by atoms with E-state index in [2.05, 4.69) is 19.2 Å². The third-order valence-electron chi connectivity index (χ3n) is 6.69. The minimum absolute atomic E-state index is 0.00268. The van der Waals surface area contributed by atoms with Gasteiger partial charge in [-0.2, -0.15) is 0 Å². The number of hydrogen-bond donors (Lipinski definition) is 2. The number of benzene rings is 2. The van der Waals surface area contributed by atoms with Crippen LogP contribution in [0.2, 0.25) is 0 Å². The monoisotopic (exact) mass is 493 g/mol. The number of aliphatic hydroxyl groups is 1. The number of carbonyl (C=O) groups is 2. The van der Waals surface area contributed by atoms with Crippen molar-refractivity contribution in [2.45, 2.75) is 64.8 Å². The predicted octanol–water partition coefficient (Wildman–Crippen LogP) is 5.95. The Balaban J connectivity index is 1.63. The van der Waals surface area contributed by atoms with Crippen molar-refractivity contribution in [3.05, 3.63) is 83.2 Å². The highest BCUT2D eigenvalue weighted by molar-refractivity contribution is 5.85. The second-order valence-corrected chi connectivity index (χ2v) is 10.1. The number of carbonyl (C=O) groups excluding carboxylic acids is 2. The van der Waals surface area contributed by atoms with Crippen LogP contribution in [0.15, 0.2) is 66.3 Å². The molecule has 0 bridgehead atoms. The number of cyclic esters (lactones) is 1. The molecule has 1 saturated heterocycles. The van der Waals surface area contributed by atoms with E-state index < -0.39 is 35.8 Å². The van der Waals surface area contributed by atoms with E-state index in [1.165, 1.54) is 6.07 Å². The van der Waals surface area contributed by atoms with Crippen molar-refractivity contribution in [1.82, 2.24) is 0 Å². The number of aryl methyl sites for hydroxylation is 1. The fourth-order valence-electron chi connectivity index (χ4n) is 4.96. The fraction of sp³-hybridized carbons (Fsp3) is 0.379. The summed E-state index contributed by atoms with van der Waals surface area (Å²) in [5.41, 5.74) is 3.55. The van der Waals surface area contributed by atoms with Crippen LogP contribution in [0.1, 0.15) is 50.7 Å². The number of aliphatic hydroxyl groups excluding tert-OH is 1. The number of ether oxygens (including phenoxy) is 2. The third kappa shape index (κ3) is 6.21. The van der Waals surface area contributed by atoms with Crippen LogP contribution in [0, 0.1) is 18.2 Å². The summed E-state index contributed by atoms with van der Waals surface area (Å²) in [4.78, 5) is 24.4. The molecule has 1 aliphatic carbocycles. The van der Waals surface area contributed by atoms with Crippen molar-refractivity contribution in [3.63, 3.8) is 0 Å². The average Bonchev–Trinajstić information content (AvgIpc) is 2.79. The normalized spacial score (nSPS) is 23.9. The molecule has 0 aromatic heterocycles. The van der Waals surface area contributed by atoms with Crippen molar-refractivity contribution in [2.75, 3.05) is 5.32 Å². The van der Waals surface area contributed by atoms with E-state index in [-0.39, 0.29) is 12.2 Å². The van der Waals surface area contributed by atoms with E-state index in [1.54, 1.807) is 37.3 Å². The first-order chi connectivity index (χ1) is 17.1. The quantitative estimate of drug-likeness (QED) is 0.503. The van der Waals surface area contributed by atoms with Crippen molar-refractivity contribution in [1.29, 1.82) is 0 Å². The maximum atomic E-state index is 14.1. The molecule has 0 saturated carbocycles. The minimum atomic E-state index is -0.727. The maximum absolute atomic E-state index is 14.1. The highest BCUT2D eigenvalue weighted by Crippen LogP contribution is 2.46. The number of nitrogens with one attached hydrogen (secondary N) is 1. The van der Waals surface area contributed by atoms with Gasteiger partial charge in [0.1, 0.15) is 18.0 Å². The molecule has 4 rings (SSSR count). The van der Waals surface area contributed by atoms with Crippen molar-refractivity contribution < 1.29 is 28.6 Å². The van der Waals surface area contributed by atoms with E-state index in [1.807, 2.05) is 24.3 Å². The lowest BCUT2D eigenvalue weighted by molar-refractivity contribution is -0.156. The molecule has 2 N–H and O–H groups in total. The molecule has 1 heterocycles. The summed E-state index contributed by atoms with van der Waals surface area (Å²) in [5, 5.41) is 12.7. The first-order valence-corrected chi connectivity index (χ1v) is 12.2. The molecule has 2 aromatic carbocycles. The highest BCUT2D eigenvalue weighted by atomic mass is 19.1. The Hall–Kier alpha value is -3.45. The number of para-hydroxylation sites is 1. The van der Waals surface area contributed by atoms with Crippen LogP contribution in [0.3, 0.4) is 0 Å². The van der Waals surface area contributed by atoms with Gasteiger partial charge >= 0.3 is 12.1 Å². The second-order valence-electron chi connectivity index (χ2n) is 10.1. The molecule has 1 fully saturated rings. The largest absolute Gasteiger partial charge is 0.458 e. The third-order valence-corrected chi connectivity index (χ3v) is 6.69. The van der Waals surface area contributed by atoms with Gasteiger partial charge in [-0.15, -0.1) is 0 Å². The van der Waals surface area contributed by atoms with Gasteiger partial charge < -0.3 is 14.6 Å². The highest BCUT2D eigenvalue weighted by Gasteiger charge is 2.37. The molecule has 1 amide bonds. The number of esters is 1. The van der Waals surface area contributed by atoms with Crippen molar-refractivity contribution >= 4 is 23.3 Å². The van der Waals surface area contributed by atoms with Crippen LogP contribution in [-0.2, 0) is 14.3 Å². The first kappa shape index (κ1) is 25.6. The molecule has 190 valence electrons. The van der Waals surface area contributed by atoms with Crippen LogP contribution < -0.4 is 5.32 Å². The number of amides is 1. The summed E-state index contributed by atoms with van der Waals surface area (Å²) in [6.45, 7) is 5.85. The molecule has 36 heavy (non-hydrogen) atoms. The number of anilines is 1. The average molecular weight is 494 g/mol. The van der Waals surface area contributed by atoms with Gasteiger partial charge in [0.15, 0.2) is 0 Å². The molecule has 0 spiro atoms. The van der Waals surface area contributed by atoms with E-state index in [4.69, 9.17) is 9.47 Å². The zero-order valence-corrected chi connectivity index (χ0v) is 20.8. The van der Waals surface area contributed by atoms with E-state index in [9.17, 15) is 19.1 Å². The Bertz CT molecular complexity index is 1190. The fourth-order valence-corrected chi connectivity index (χ4v) is 4.96. The Kier molecular flexibility index (Phi) is 7.59. The van der Waals surface area contributed by atoms with Crippen LogP contribution in [0.4, 0.5) is 14.9 Å². The smallest absolute Gasteiger partial charge is 0.411 e. The van der Waals surface area contributed by atoms with E-state index in [0.29, 0.717) is 30.5 Å². The van der Waals surface area contributed by atoms with Gasteiger partial charge in [-0.25, -0.2) is 9.18 Å². The summed E-state index contributed by atoms with van der Waals surface area (Å²) < 4.78 is 25.3. The summed E-state index contributed by atoms with van der Waals surface area (Å²) in [6.07, 6.45) is 2.93. The van der Waals surface area contributed by atoms with Crippen molar-refractivity contribution in [3.8, 4) is 0 Å². The van der Waals surface area contributed by atoms with Crippen molar-refractivity contribution in [2.24, 2.45) is 5.41 Å². The van der Waals surface area contributed by atoms with Crippen LogP contribution >= 0.6 is 0 Å². The molecule has 1 aliphatic heterocycles. The number of hydrogen-bond acceptors (Lipinski definition) is 5. The molecule has 7 heteroatoms. The van der Waals surface area contributed by atoms with Gasteiger partial charge in [-0.3, -0.25) is 10.1 Å².